The monoisotopic (exact) mass is 593 g/mol. The topological polar surface area (TPSA) is 127 Å². The number of carbonyl (C=O) groups is 1. The summed E-state index contributed by atoms with van der Waals surface area (Å²) in [5.74, 6) is 1.78. The predicted molar refractivity (Wildman–Crippen MR) is 162 cm³/mol. The molecule has 42 heavy (non-hydrogen) atoms. The van der Waals surface area contributed by atoms with Crippen LogP contribution in [0.2, 0.25) is 0 Å². The highest BCUT2D eigenvalue weighted by molar-refractivity contribution is 7.89. The van der Waals surface area contributed by atoms with E-state index in [2.05, 4.69) is 20.3 Å². The molecule has 0 bridgehead atoms. The Balaban J connectivity index is 1.36. The number of amides is 1. The summed E-state index contributed by atoms with van der Waals surface area (Å²) in [7, 11) is -0.687. The summed E-state index contributed by atoms with van der Waals surface area (Å²) >= 11 is 0. The van der Waals surface area contributed by atoms with E-state index in [9.17, 15) is 13.2 Å². The number of imidazole rings is 1. The minimum atomic E-state index is -3.83. The number of sulfonamides is 1. The highest BCUT2D eigenvalue weighted by atomic mass is 32.2. The fraction of sp³-hybridized carbons (Fsp3) is 0.387. The Morgan fingerprint density at radius 2 is 1.74 bits per heavy atom. The smallest absolute Gasteiger partial charge is 0.407 e. The molecule has 0 saturated carbocycles. The number of methoxy groups -OCH3 is 1. The van der Waals surface area contributed by atoms with E-state index in [1.165, 1.54) is 11.4 Å². The van der Waals surface area contributed by atoms with Crippen LogP contribution < -0.4 is 10.1 Å². The molecule has 10 nitrogen and oxygen atoms in total. The number of alkyl carbamates (subject to hydrolysis) is 1. The molecule has 2 aromatic carbocycles. The second-order valence-electron chi connectivity index (χ2n) is 10.7. The molecule has 2 N–H and O–H groups in total. The van der Waals surface area contributed by atoms with Gasteiger partial charge < -0.3 is 19.8 Å². The van der Waals surface area contributed by atoms with Gasteiger partial charge in [0.1, 0.15) is 23.7 Å². The maximum absolute atomic E-state index is 13.6. The highest BCUT2D eigenvalue weighted by Crippen LogP contribution is 2.23. The van der Waals surface area contributed by atoms with Gasteiger partial charge in [-0.3, -0.25) is 4.98 Å². The molecule has 0 aliphatic heterocycles. The van der Waals surface area contributed by atoms with Crippen LogP contribution in [0.4, 0.5) is 4.79 Å². The summed E-state index contributed by atoms with van der Waals surface area (Å²) in [6.07, 6.45) is 2.84. The van der Waals surface area contributed by atoms with E-state index in [1.807, 2.05) is 51.1 Å². The van der Waals surface area contributed by atoms with Crippen LogP contribution in [0.3, 0.4) is 0 Å². The SMILES string of the molecule is COc1ccc(CCNC(=O)OC[C@H](CC(C)C)N(C)S(=O)(=O)c2ccc(Cc3nccc4[nH]c(C)nc34)cc2)cc1. The van der Waals surface area contributed by atoms with Crippen LogP contribution in [0.1, 0.15) is 42.9 Å². The Kier molecular flexibility index (Phi) is 10.2. The number of aromatic amines is 1. The van der Waals surface area contributed by atoms with E-state index in [0.717, 1.165) is 39.4 Å². The van der Waals surface area contributed by atoms with Gasteiger partial charge in [0.2, 0.25) is 10.0 Å². The number of hydrogen-bond acceptors (Lipinski definition) is 7. The second kappa shape index (κ2) is 13.8. The summed E-state index contributed by atoms with van der Waals surface area (Å²) < 4.78 is 39.0. The van der Waals surface area contributed by atoms with E-state index in [0.29, 0.717) is 25.8 Å². The fourth-order valence-corrected chi connectivity index (χ4v) is 6.12. The average Bonchev–Trinajstić information content (AvgIpc) is 3.36. The van der Waals surface area contributed by atoms with Crippen molar-refractivity contribution in [1.29, 1.82) is 0 Å². The Morgan fingerprint density at radius 3 is 2.40 bits per heavy atom. The molecular weight excluding hydrogens is 554 g/mol. The zero-order valence-corrected chi connectivity index (χ0v) is 25.6. The third kappa shape index (κ3) is 7.86. The normalized spacial score (nSPS) is 12.5. The lowest BCUT2D eigenvalue weighted by atomic mass is 10.0. The molecule has 0 unspecified atom stereocenters. The van der Waals surface area contributed by atoms with Crippen LogP contribution in [0.5, 0.6) is 5.75 Å². The van der Waals surface area contributed by atoms with Crippen LogP contribution in [-0.2, 0) is 27.6 Å². The number of ether oxygens (including phenoxy) is 2. The number of likely N-dealkylation sites (N-methyl/N-ethyl adjacent to an activating group) is 1. The highest BCUT2D eigenvalue weighted by Gasteiger charge is 2.29. The van der Waals surface area contributed by atoms with E-state index >= 15 is 0 Å². The van der Waals surface area contributed by atoms with Gasteiger partial charge in [-0.25, -0.2) is 18.2 Å². The number of benzene rings is 2. The van der Waals surface area contributed by atoms with E-state index in [4.69, 9.17) is 9.47 Å². The number of fused-ring (bicyclic) bond motifs is 1. The van der Waals surface area contributed by atoms with Crippen LogP contribution in [0.15, 0.2) is 65.7 Å². The number of nitrogens with one attached hydrogen (secondary N) is 2. The van der Waals surface area contributed by atoms with E-state index in [1.54, 1.807) is 37.6 Å². The van der Waals surface area contributed by atoms with Crippen LogP contribution >= 0.6 is 0 Å². The van der Waals surface area contributed by atoms with Crippen LogP contribution in [-0.4, -0.2) is 67.1 Å². The maximum Gasteiger partial charge on any atom is 0.407 e. The standard InChI is InChI=1S/C31H39N5O5S/c1-21(2)18-25(20-41-31(37)33-16-14-23-6-10-26(40-5)11-7-23)36(4)42(38,39)27-12-8-24(9-13-27)19-29-30-28(15-17-32-29)34-22(3)35-30/h6-13,15,17,21,25H,14,16,18-20H2,1-5H3,(H,33,37)(H,34,35)/t25-/m0/s1. The van der Waals surface area contributed by atoms with Gasteiger partial charge in [-0.05, 0) is 67.1 Å². The zero-order chi connectivity index (χ0) is 30.3. The number of H-pyrrole nitrogens is 1. The average molecular weight is 594 g/mol. The minimum absolute atomic E-state index is 0.0564. The number of carbonyl (C=O) groups excluding carboxylic acids is 1. The number of pyridine rings is 1. The van der Waals surface area contributed by atoms with Crippen molar-refractivity contribution in [3.8, 4) is 5.75 Å². The second-order valence-corrected chi connectivity index (χ2v) is 12.7. The lowest BCUT2D eigenvalue weighted by Crippen LogP contribution is -2.42. The summed E-state index contributed by atoms with van der Waals surface area (Å²) in [5.41, 5.74) is 4.53. The molecule has 0 aliphatic carbocycles. The van der Waals surface area contributed by atoms with Gasteiger partial charge in [0.05, 0.1) is 29.3 Å². The third-order valence-corrected chi connectivity index (χ3v) is 9.00. The maximum atomic E-state index is 13.6. The molecule has 0 radical (unpaired) electrons. The lowest BCUT2D eigenvalue weighted by Gasteiger charge is -2.28. The molecule has 2 aromatic heterocycles. The van der Waals surface area contributed by atoms with Crippen molar-refractivity contribution in [2.75, 3.05) is 27.3 Å². The number of rotatable bonds is 13. The number of nitrogens with zero attached hydrogens (tertiary/aromatic N) is 3. The van der Waals surface area contributed by atoms with Crippen LogP contribution in [0, 0.1) is 12.8 Å². The quantitative estimate of drug-likeness (QED) is 0.226. The van der Waals surface area contributed by atoms with Gasteiger partial charge in [-0.1, -0.05) is 38.1 Å². The molecule has 0 spiro atoms. The first-order chi connectivity index (χ1) is 20.1. The Hall–Kier alpha value is -3.96. The van der Waals surface area contributed by atoms with Gasteiger partial charge in [0.25, 0.3) is 0 Å². The van der Waals surface area contributed by atoms with Gasteiger partial charge in [0, 0.05) is 26.2 Å². The third-order valence-electron chi connectivity index (χ3n) is 7.07. The lowest BCUT2D eigenvalue weighted by molar-refractivity contribution is 0.115. The summed E-state index contributed by atoms with van der Waals surface area (Å²) in [6.45, 7) is 6.25. The molecule has 4 aromatic rings. The first-order valence-corrected chi connectivity index (χ1v) is 15.4. The summed E-state index contributed by atoms with van der Waals surface area (Å²) in [5, 5.41) is 2.74. The molecule has 1 atom stereocenters. The van der Waals surface area contributed by atoms with Crippen molar-refractivity contribution in [1.82, 2.24) is 24.6 Å². The van der Waals surface area contributed by atoms with E-state index in [-0.39, 0.29) is 17.4 Å². The molecular formula is C31H39N5O5S. The summed E-state index contributed by atoms with van der Waals surface area (Å²) in [6, 6.07) is 15.8. The van der Waals surface area contributed by atoms with Gasteiger partial charge in [-0.2, -0.15) is 4.31 Å². The first kappa shape index (κ1) is 31.0. The van der Waals surface area contributed by atoms with Crippen molar-refractivity contribution < 1.29 is 22.7 Å². The number of aromatic nitrogens is 3. The van der Waals surface area contributed by atoms with Crippen molar-refractivity contribution in [3.63, 3.8) is 0 Å². The Bertz CT molecular complexity index is 1580. The predicted octanol–water partition coefficient (Wildman–Crippen LogP) is 4.87. The molecule has 224 valence electrons. The van der Waals surface area contributed by atoms with Gasteiger partial charge in [0.15, 0.2) is 0 Å². The molecule has 1 amide bonds. The molecule has 11 heteroatoms. The molecule has 0 saturated heterocycles. The van der Waals surface area contributed by atoms with Crippen LogP contribution in [0.25, 0.3) is 11.0 Å². The number of hydrogen-bond donors (Lipinski definition) is 2. The first-order valence-electron chi connectivity index (χ1n) is 14.0. The Labute approximate surface area is 247 Å². The largest absolute Gasteiger partial charge is 0.497 e. The van der Waals surface area contributed by atoms with Gasteiger partial charge in [-0.15, -0.1) is 0 Å². The molecule has 0 aliphatic rings. The molecule has 4 rings (SSSR count). The van der Waals surface area contributed by atoms with Crippen molar-refractivity contribution in [3.05, 3.63) is 83.4 Å². The van der Waals surface area contributed by atoms with Gasteiger partial charge >= 0.3 is 6.09 Å². The Morgan fingerprint density at radius 1 is 1.05 bits per heavy atom. The summed E-state index contributed by atoms with van der Waals surface area (Å²) in [4.78, 5) is 24.8. The molecule has 0 fully saturated rings. The van der Waals surface area contributed by atoms with Crippen molar-refractivity contribution >= 4 is 27.1 Å². The van der Waals surface area contributed by atoms with Crippen molar-refractivity contribution in [2.24, 2.45) is 5.92 Å². The number of aryl methyl sites for hydroxylation is 1. The fourth-order valence-electron chi connectivity index (χ4n) is 4.77. The van der Waals surface area contributed by atoms with E-state index < -0.39 is 22.2 Å². The minimum Gasteiger partial charge on any atom is -0.497 e. The van der Waals surface area contributed by atoms with Crippen molar-refractivity contribution in [2.45, 2.75) is 51.0 Å². The zero-order valence-electron chi connectivity index (χ0n) is 24.8. The molecule has 2 heterocycles.